The fourth-order valence-electron chi connectivity index (χ4n) is 7.11. The number of Topliss-reactive ketones (excluding diaryl/α,β-unsaturated/α-hetero) is 1. The average Bonchev–Trinajstić information content (AvgIpc) is 3.50. The zero-order valence-corrected chi connectivity index (χ0v) is 34.8. The molecule has 1 unspecified atom stereocenters. The second-order valence-corrected chi connectivity index (χ2v) is 14.8. The topological polar surface area (TPSA) is 189 Å². The van der Waals surface area contributed by atoms with Crippen LogP contribution in [0, 0.1) is 0 Å². The summed E-state index contributed by atoms with van der Waals surface area (Å²) in [7, 11) is 0. The van der Waals surface area contributed by atoms with Gasteiger partial charge in [-0.1, -0.05) is 29.8 Å². The molecule has 2 aliphatic rings. The van der Waals surface area contributed by atoms with Crippen molar-refractivity contribution in [3.8, 4) is 33.9 Å². The fraction of sp³-hybridized carbons (Fsp3) is 0.304. The Labute approximate surface area is 361 Å². The van der Waals surface area contributed by atoms with E-state index >= 15 is 0 Å². The number of rotatable bonds is 20. The van der Waals surface area contributed by atoms with E-state index < -0.39 is 29.7 Å². The van der Waals surface area contributed by atoms with Crippen LogP contribution in [0.3, 0.4) is 0 Å². The van der Waals surface area contributed by atoms with Gasteiger partial charge in [-0.25, -0.2) is 0 Å². The van der Waals surface area contributed by atoms with Gasteiger partial charge in [-0.05, 0) is 74.4 Å². The average molecular weight is 866 g/mol. The molecule has 0 radical (unpaired) electrons. The Morgan fingerprint density at radius 3 is 2.24 bits per heavy atom. The highest BCUT2D eigenvalue weighted by Crippen LogP contribution is 2.37. The molecule has 0 spiro atoms. The van der Waals surface area contributed by atoms with E-state index in [1.165, 1.54) is 25.1 Å². The first-order valence-corrected chi connectivity index (χ1v) is 20.5. The van der Waals surface area contributed by atoms with E-state index in [-0.39, 0.29) is 48.4 Å². The number of piperidine rings is 1. The van der Waals surface area contributed by atoms with Gasteiger partial charge >= 0.3 is 0 Å². The van der Waals surface area contributed by atoms with Gasteiger partial charge < -0.3 is 33.4 Å². The van der Waals surface area contributed by atoms with Crippen LogP contribution < -0.4 is 25.5 Å². The molecule has 3 heterocycles. The Bertz CT molecular complexity index is 2590. The molecule has 1 saturated heterocycles. The van der Waals surface area contributed by atoms with Crippen molar-refractivity contribution in [2.24, 2.45) is 0 Å². The number of anilines is 1. The van der Waals surface area contributed by atoms with E-state index in [0.29, 0.717) is 96.1 Å². The number of amides is 4. The highest BCUT2D eigenvalue weighted by atomic mass is 35.5. The molecule has 0 saturated carbocycles. The molecule has 1 atom stereocenters. The van der Waals surface area contributed by atoms with Crippen LogP contribution in [-0.2, 0) is 23.8 Å². The van der Waals surface area contributed by atoms with Crippen molar-refractivity contribution in [3.05, 3.63) is 111 Å². The molecule has 1 fully saturated rings. The zero-order chi connectivity index (χ0) is 43.8. The molecule has 1 aromatic heterocycles. The summed E-state index contributed by atoms with van der Waals surface area (Å²) in [6.45, 7) is 6.56. The molecule has 2 N–H and O–H groups in total. The molecule has 15 nitrogen and oxygen atoms in total. The van der Waals surface area contributed by atoms with Crippen LogP contribution in [-0.4, -0.2) is 99.8 Å². The number of imide groups is 2. The van der Waals surface area contributed by atoms with Gasteiger partial charge in [-0.2, -0.15) is 0 Å². The first-order valence-electron chi connectivity index (χ1n) is 20.1. The third-order valence-corrected chi connectivity index (χ3v) is 10.5. The fourth-order valence-corrected chi connectivity index (χ4v) is 7.39. The van der Waals surface area contributed by atoms with E-state index in [2.05, 4.69) is 10.6 Å². The molecule has 0 bridgehead atoms. The number of halogens is 1. The van der Waals surface area contributed by atoms with Gasteiger partial charge in [-0.3, -0.25) is 39.0 Å². The minimum absolute atomic E-state index is 0.0485. The number of fused-ring (bicyclic) bond motifs is 2. The Kier molecular flexibility index (Phi) is 14.1. The molecule has 2 aliphatic heterocycles. The van der Waals surface area contributed by atoms with E-state index in [1.807, 2.05) is 19.1 Å². The van der Waals surface area contributed by atoms with Crippen LogP contribution in [0.15, 0.2) is 88.1 Å². The van der Waals surface area contributed by atoms with E-state index in [4.69, 9.17) is 39.7 Å². The van der Waals surface area contributed by atoms with Crippen molar-refractivity contribution in [3.63, 3.8) is 0 Å². The third kappa shape index (κ3) is 10.0. The number of ketones is 1. The van der Waals surface area contributed by atoms with Crippen LogP contribution in [0.5, 0.6) is 11.5 Å². The van der Waals surface area contributed by atoms with Crippen LogP contribution >= 0.6 is 11.6 Å². The molecule has 4 aromatic carbocycles. The normalized spacial score (nSPS) is 14.9. The number of nitrogens with zero attached hydrogens (tertiary/aromatic N) is 1. The summed E-state index contributed by atoms with van der Waals surface area (Å²) in [6.07, 6.45) is 0.133. The van der Waals surface area contributed by atoms with Crippen molar-refractivity contribution >= 4 is 57.7 Å². The van der Waals surface area contributed by atoms with Crippen LogP contribution in [0.2, 0.25) is 5.02 Å². The molecule has 62 heavy (non-hydrogen) atoms. The summed E-state index contributed by atoms with van der Waals surface area (Å²) in [4.78, 5) is 75.9. The molecule has 16 heteroatoms. The second kappa shape index (κ2) is 20.0. The van der Waals surface area contributed by atoms with Gasteiger partial charge in [0.25, 0.3) is 11.8 Å². The summed E-state index contributed by atoms with van der Waals surface area (Å²) in [5, 5.41) is 6.20. The number of ether oxygens (including phenoxy) is 5. The lowest BCUT2D eigenvalue weighted by molar-refractivity contribution is -0.136. The summed E-state index contributed by atoms with van der Waals surface area (Å²) >= 11 is 6.67. The van der Waals surface area contributed by atoms with Gasteiger partial charge in [0, 0.05) is 47.5 Å². The lowest BCUT2D eigenvalue weighted by Gasteiger charge is -2.27. The first-order chi connectivity index (χ1) is 30.0. The van der Waals surface area contributed by atoms with E-state index in [0.717, 1.165) is 16.2 Å². The molecule has 4 amide bonds. The minimum Gasteiger partial charge on any atom is -0.493 e. The third-order valence-electron chi connectivity index (χ3n) is 10.2. The molecule has 322 valence electrons. The van der Waals surface area contributed by atoms with Crippen LogP contribution in [0.4, 0.5) is 5.69 Å². The summed E-state index contributed by atoms with van der Waals surface area (Å²) in [6, 6.07) is 20.9. The first kappa shape index (κ1) is 43.7. The molecular weight excluding hydrogens is 822 g/mol. The van der Waals surface area contributed by atoms with Crippen LogP contribution in [0.1, 0.15) is 57.8 Å². The SMILES string of the molecule is CCOc1cc2oc(-c3ccc(NCCOCCOCCOCCOc4ccc5c(c4)C(=O)N(C4CCC(=O)NC4=O)C5=O)cc3Cl)cc(=O)c2cc1-c1cccc(C(C)=O)c1. The van der Waals surface area contributed by atoms with Crippen molar-refractivity contribution in [2.45, 2.75) is 32.7 Å². The van der Waals surface area contributed by atoms with Gasteiger partial charge in [0.15, 0.2) is 11.2 Å². The number of benzene rings is 4. The maximum atomic E-state index is 13.4. The van der Waals surface area contributed by atoms with Gasteiger partial charge in [0.1, 0.15) is 35.5 Å². The Hall–Kier alpha value is -6.39. The Morgan fingerprint density at radius 1 is 0.790 bits per heavy atom. The van der Waals surface area contributed by atoms with Crippen molar-refractivity contribution in [1.82, 2.24) is 10.2 Å². The molecule has 7 rings (SSSR count). The predicted molar refractivity (Wildman–Crippen MR) is 229 cm³/mol. The standard InChI is InChI=1S/C46H44ClN3O12/c1-3-60-40-26-42-36(24-34(40)29-6-4-5-28(21-29)27(2)51)39(52)25-41(62-42)33-9-7-30(22-37(33)47)48-13-14-57-15-16-58-17-18-59-19-20-61-31-8-10-32-35(23-31)46(56)50(45(32)55)38-11-12-43(53)49-44(38)54/h4-10,21-26,38,48H,3,11-20H2,1-2H3,(H,49,53,54). The predicted octanol–water partition coefficient (Wildman–Crippen LogP) is 6.32. The van der Waals surface area contributed by atoms with Crippen molar-refractivity contribution in [2.75, 3.05) is 64.7 Å². The van der Waals surface area contributed by atoms with Crippen molar-refractivity contribution < 1.29 is 52.1 Å². The maximum Gasteiger partial charge on any atom is 0.262 e. The van der Waals surface area contributed by atoms with Crippen molar-refractivity contribution in [1.29, 1.82) is 0 Å². The van der Waals surface area contributed by atoms with Gasteiger partial charge in [-0.15, -0.1) is 0 Å². The smallest absolute Gasteiger partial charge is 0.262 e. The van der Waals surface area contributed by atoms with Crippen LogP contribution in [0.25, 0.3) is 33.4 Å². The summed E-state index contributed by atoms with van der Waals surface area (Å²) < 4.78 is 34.6. The highest BCUT2D eigenvalue weighted by Gasteiger charge is 2.44. The molecule has 5 aromatic rings. The lowest BCUT2D eigenvalue weighted by Crippen LogP contribution is -2.54. The second-order valence-electron chi connectivity index (χ2n) is 14.4. The minimum atomic E-state index is -1.03. The lowest BCUT2D eigenvalue weighted by atomic mass is 9.99. The van der Waals surface area contributed by atoms with Gasteiger partial charge in [0.05, 0.1) is 67.8 Å². The number of hydrogen-bond acceptors (Lipinski definition) is 13. The highest BCUT2D eigenvalue weighted by molar-refractivity contribution is 6.33. The van der Waals surface area contributed by atoms with E-state index in [9.17, 15) is 28.8 Å². The maximum absolute atomic E-state index is 13.4. The van der Waals surface area contributed by atoms with Gasteiger partial charge in [0.2, 0.25) is 11.8 Å². The number of nitrogens with one attached hydrogen (secondary N) is 2. The summed E-state index contributed by atoms with van der Waals surface area (Å²) in [5.74, 6) is -1.13. The Morgan fingerprint density at radius 2 is 1.52 bits per heavy atom. The Balaban J connectivity index is 0.794. The quantitative estimate of drug-likeness (QED) is 0.0503. The van der Waals surface area contributed by atoms with E-state index in [1.54, 1.807) is 48.5 Å². The largest absolute Gasteiger partial charge is 0.493 e. The zero-order valence-electron chi connectivity index (χ0n) is 34.1. The number of hydrogen-bond donors (Lipinski definition) is 2. The number of carbonyl (C=O) groups is 5. The summed E-state index contributed by atoms with van der Waals surface area (Å²) in [5.41, 5.74) is 3.71. The molecule has 0 aliphatic carbocycles. The monoisotopic (exact) mass is 865 g/mol. The number of carbonyl (C=O) groups excluding carboxylic acids is 5. The molecular formula is C46H44ClN3O12.